The molecule has 1 heterocycles. The number of methoxy groups -OCH3 is 2. The number of thiazole rings is 1. The van der Waals surface area contributed by atoms with Crippen LogP contribution in [0.1, 0.15) is 79.3 Å². The van der Waals surface area contributed by atoms with E-state index in [1.807, 2.05) is 12.1 Å². The third kappa shape index (κ3) is 13.6. The number of rotatable bonds is 17. The highest BCUT2D eigenvalue weighted by Crippen LogP contribution is 2.31. The lowest BCUT2D eigenvalue weighted by Crippen LogP contribution is -2.36. The maximum absolute atomic E-state index is 13.0. The molecule has 2 aromatic carbocycles. The van der Waals surface area contributed by atoms with E-state index >= 15 is 0 Å². The minimum atomic E-state index is -4.17. The van der Waals surface area contributed by atoms with Crippen LogP contribution in [0, 0.1) is 12.7 Å². The van der Waals surface area contributed by atoms with Gasteiger partial charge in [-0.15, -0.1) is 11.3 Å². The van der Waals surface area contributed by atoms with E-state index in [1.54, 1.807) is 39.3 Å². The number of ether oxygens (including phenoxy) is 2. The van der Waals surface area contributed by atoms with Gasteiger partial charge in [0, 0.05) is 6.54 Å². The first-order chi connectivity index (χ1) is 21.0. The van der Waals surface area contributed by atoms with Gasteiger partial charge in [-0.1, -0.05) is 70.1 Å². The summed E-state index contributed by atoms with van der Waals surface area (Å²) in [6.07, 6.45) is 5.49. The SMILES string of the molecule is CCCCCCCCCCN(CCc1ccc(OC)c(OC)c1)CC(F)(F)F.Cc1nc(C(=O)O)c(-c2cccc(F)c2)s1. The maximum Gasteiger partial charge on any atom is 0.401 e. The van der Waals surface area contributed by atoms with Gasteiger partial charge in [0.25, 0.3) is 0 Å². The van der Waals surface area contributed by atoms with E-state index < -0.39 is 18.7 Å². The van der Waals surface area contributed by atoms with Gasteiger partial charge < -0.3 is 14.6 Å². The topological polar surface area (TPSA) is 71.9 Å². The molecule has 0 radical (unpaired) electrons. The molecule has 0 saturated heterocycles. The van der Waals surface area contributed by atoms with Crippen LogP contribution in [0.4, 0.5) is 17.6 Å². The first-order valence-corrected chi connectivity index (χ1v) is 15.8. The number of halogens is 4. The fourth-order valence-electron chi connectivity index (χ4n) is 4.71. The fourth-order valence-corrected chi connectivity index (χ4v) is 5.62. The minimum absolute atomic E-state index is 0.0203. The molecule has 0 spiro atoms. The molecule has 0 saturated carbocycles. The van der Waals surface area contributed by atoms with Gasteiger partial charge >= 0.3 is 12.1 Å². The summed E-state index contributed by atoms with van der Waals surface area (Å²) >= 11 is 1.25. The summed E-state index contributed by atoms with van der Waals surface area (Å²) in [7, 11) is 3.12. The molecule has 44 heavy (non-hydrogen) atoms. The number of aromatic carboxylic acids is 1. The zero-order valence-corrected chi connectivity index (χ0v) is 26.8. The monoisotopic (exact) mass is 640 g/mol. The molecule has 0 unspecified atom stereocenters. The quantitative estimate of drug-likeness (QED) is 0.117. The number of carbonyl (C=O) groups is 1. The normalized spacial score (nSPS) is 11.3. The number of hydrogen-bond donors (Lipinski definition) is 1. The number of benzene rings is 2. The van der Waals surface area contributed by atoms with Crippen molar-refractivity contribution in [2.45, 2.75) is 77.8 Å². The lowest BCUT2D eigenvalue weighted by molar-refractivity contribution is -0.146. The standard InChI is InChI=1S/C22H36F3NO2.C11H8FNO2S/c1-4-5-6-7-8-9-10-11-15-26(18-22(23,24)25)16-14-19-12-13-20(27-2)21(17-19)28-3;1-6-13-9(11(14)15)10(16-6)7-3-2-4-8(12)5-7/h12-13,17H,4-11,14-16,18H2,1-3H3;2-5H,1H3,(H,14,15). The van der Waals surface area contributed by atoms with Gasteiger partial charge in [-0.25, -0.2) is 14.2 Å². The van der Waals surface area contributed by atoms with Crippen LogP contribution in [0.2, 0.25) is 0 Å². The minimum Gasteiger partial charge on any atom is -0.493 e. The average molecular weight is 641 g/mol. The molecule has 0 bridgehead atoms. The average Bonchev–Trinajstić information content (AvgIpc) is 3.38. The van der Waals surface area contributed by atoms with E-state index in [0.717, 1.165) is 24.8 Å². The highest BCUT2D eigenvalue weighted by molar-refractivity contribution is 7.15. The third-order valence-electron chi connectivity index (χ3n) is 6.92. The summed E-state index contributed by atoms with van der Waals surface area (Å²) in [5.74, 6) is -0.258. The fraction of sp³-hybridized carbons (Fsp3) is 0.515. The Morgan fingerprint density at radius 2 is 1.59 bits per heavy atom. The van der Waals surface area contributed by atoms with Crippen LogP contribution in [-0.4, -0.2) is 61.0 Å². The first-order valence-electron chi connectivity index (χ1n) is 14.9. The van der Waals surface area contributed by atoms with Gasteiger partial charge in [0.1, 0.15) is 5.82 Å². The van der Waals surface area contributed by atoms with Crippen molar-refractivity contribution in [1.82, 2.24) is 9.88 Å². The Bertz CT molecular complexity index is 1280. The van der Waals surface area contributed by atoms with Crippen molar-refractivity contribution in [2.75, 3.05) is 33.9 Å². The number of alkyl halides is 3. The molecule has 3 rings (SSSR count). The molecular formula is C33H44F4N2O4S. The Morgan fingerprint density at radius 1 is 0.932 bits per heavy atom. The number of aryl methyl sites for hydroxylation is 1. The highest BCUT2D eigenvalue weighted by Gasteiger charge is 2.30. The van der Waals surface area contributed by atoms with Crippen molar-refractivity contribution in [1.29, 1.82) is 0 Å². The second-order valence-electron chi connectivity index (χ2n) is 10.5. The smallest absolute Gasteiger partial charge is 0.401 e. The molecule has 0 atom stereocenters. The molecule has 0 aliphatic rings. The van der Waals surface area contributed by atoms with Crippen molar-refractivity contribution >= 4 is 17.3 Å². The summed E-state index contributed by atoms with van der Waals surface area (Å²) in [4.78, 5) is 16.9. The highest BCUT2D eigenvalue weighted by atomic mass is 32.1. The van der Waals surface area contributed by atoms with Gasteiger partial charge in [-0.2, -0.15) is 13.2 Å². The van der Waals surface area contributed by atoms with E-state index in [2.05, 4.69) is 11.9 Å². The van der Waals surface area contributed by atoms with E-state index in [4.69, 9.17) is 14.6 Å². The summed E-state index contributed by atoms with van der Waals surface area (Å²) in [6, 6.07) is 11.3. The summed E-state index contributed by atoms with van der Waals surface area (Å²) < 4.78 is 62.3. The predicted octanol–water partition coefficient (Wildman–Crippen LogP) is 9.21. The Kier molecular flexibility index (Phi) is 16.2. The number of carboxylic acid groups (broad SMARTS) is 1. The molecule has 0 aliphatic heterocycles. The molecule has 3 aromatic rings. The third-order valence-corrected chi connectivity index (χ3v) is 7.94. The van der Waals surface area contributed by atoms with Crippen LogP contribution < -0.4 is 9.47 Å². The van der Waals surface area contributed by atoms with E-state index in [1.165, 1.54) is 60.5 Å². The van der Waals surface area contributed by atoms with Crippen LogP contribution in [-0.2, 0) is 6.42 Å². The van der Waals surface area contributed by atoms with E-state index in [0.29, 0.717) is 46.5 Å². The zero-order valence-electron chi connectivity index (χ0n) is 26.0. The molecule has 11 heteroatoms. The Labute approximate surface area is 262 Å². The summed E-state index contributed by atoms with van der Waals surface area (Å²) in [5.41, 5.74) is 1.47. The number of unbranched alkanes of at least 4 members (excludes halogenated alkanes) is 7. The zero-order chi connectivity index (χ0) is 32.5. The van der Waals surface area contributed by atoms with Crippen molar-refractivity contribution in [2.24, 2.45) is 0 Å². The number of nitrogens with zero attached hydrogens (tertiary/aromatic N) is 2. The molecule has 1 aromatic heterocycles. The Morgan fingerprint density at radius 3 is 2.18 bits per heavy atom. The molecule has 1 N–H and O–H groups in total. The van der Waals surface area contributed by atoms with Gasteiger partial charge in [-0.3, -0.25) is 4.90 Å². The van der Waals surface area contributed by atoms with Gasteiger partial charge in [0.05, 0.1) is 30.6 Å². The molecule has 0 fully saturated rings. The second-order valence-corrected chi connectivity index (χ2v) is 11.7. The molecule has 0 amide bonds. The van der Waals surface area contributed by atoms with E-state index in [-0.39, 0.29) is 11.5 Å². The number of carboxylic acids is 1. The first kappa shape index (κ1) is 37.0. The van der Waals surface area contributed by atoms with E-state index in [9.17, 15) is 22.4 Å². The van der Waals surface area contributed by atoms with Gasteiger partial charge in [-0.05, 0) is 61.7 Å². The lowest BCUT2D eigenvalue weighted by Gasteiger charge is -2.24. The molecule has 244 valence electrons. The van der Waals surface area contributed by atoms with Crippen LogP contribution in [0.15, 0.2) is 42.5 Å². The molecular weight excluding hydrogens is 596 g/mol. The van der Waals surface area contributed by atoms with Crippen LogP contribution in [0.25, 0.3) is 10.4 Å². The Balaban J connectivity index is 0.000000354. The molecule has 0 aliphatic carbocycles. The lowest BCUT2D eigenvalue weighted by atomic mass is 10.1. The summed E-state index contributed by atoms with van der Waals surface area (Å²) in [6.45, 7) is 3.93. The second kappa shape index (κ2) is 19.3. The van der Waals surface area contributed by atoms with Gasteiger partial charge in [0.15, 0.2) is 17.2 Å². The largest absolute Gasteiger partial charge is 0.493 e. The van der Waals surface area contributed by atoms with Crippen molar-refractivity contribution in [3.8, 4) is 21.9 Å². The molecule has 6 nitrogen and oxygen atoms in total. The number of hydrogen-bond acceptors (Lipinski definition) is 6. The van der Waals surface area contributed by atoms with Crippen molar-refractivity contribution < 1.29 is 36.9 Å². The van der Waals surface area contributed by atoms with Crippen molar-refractivity contribution in [3.05, 3.63) is 64.5 Å². The van der Waals surface area contributed by atoms with Crippen LogP contribution in [0.3, 0.4) is 0 Å². The number of aromatic nitrogens is 1. The van der Waals surface area contributed by atoms with Crippen molar-refractivity contribution in [3.63, 3.8) is 0 Å². The maximum atomic E-state index is 13.0. The van der Waals surface area contributed by atoms with Crippen LogP contribution in [0.5, 0.6) is 11.5 Å². The predicted molar refractivity (Wildman–Crippen MR) is 168 cm³/mol. The Hall–Kier alpha value is -3.18. The van der Waals surface area contributed by atoms with Crippen LogP contribution >= 0.6 is 11.3 Å². The van der Waals surface area contributed by atoms with Gasteiger partial charge in [0.2, 0.25) is 0 Å². The summed E-state index contributed by atoms with van der Waals surface area (Å²) in [5, 5.41) is 9.61.